The van der Waals surface area contributed by atoms with Crippen molar-refractivity contribution < 1.29 is 17.9 Å². The SMILES string of the molecule is N#Cc1cc(C(F)(F)F)ccc1NCCC1=CCOCC1. The van der Waals surface area contributed by atoms with E-state index in [9.17, 15) is 13.2 Å². The largest absolute Gasteiger partial charge is 0.416 e. The van der Waals surface area contributed by atoms with Crippen molar-refractivity contribution >= 4 is 5.69 Å². The first-order valence-electron chi connectivity index (χ1n) is 6.61. The molecule has 1 N–H and O–H groups in total. The number of ether oxygens (including phenoxy) is 1. The molecule has 1 heterocycles. The highest BCUT2D eigenvalue weighted by Crippen LogP contribution is 2.31. The van der Waals surface area contributed by atoms with Crippen molar-refractivity contribution in [3.63, 3.8) is 0 Å². The Kier molecular flexibility index (Phi) is 4.86. The van der Waals surface area contributed by atoms with Gasteiger partial charge in [-0.1, -0.05) is 11.6 Å². The van der Waals surface area contributed by atoms with E-state index in [1.54, 1.807) is 6.07 Å². The molecule has 0 amide bonds. The van der Waals surface area contributed by atoms with E-state index in [4.69, 9.17) is 10.00 Å². The third-order valence-electron chi connectivity index (χ3n) is 3.29. The Labute approximate surface area is 121 Å². The molecular formula is C15H15F3N2O. The number of anilines is 1. The van der Waals surface area contributed by atoms with E-state index in [1.165, 1.54) is 11.6 Å². The molecule has 1 aromatic carbocycles. The van der Waals surface area contributed by atoms with E-state index in [1.807, 2.05) is 6.08 Å². The molecule has 3 nitrogen and oxygen atoms in total. The van der Waals surface area contributed by atoms with Gasteiger partial charge in [0.2, 0.25) is 0 Å². The van der Waals surface area contributed by atoms with Gasteiger partial charge in [0.25, 0.3) is 0 Å². The average molecular weight is 296 g/mol. The molecule has 1 aliphatic rings. The van der Waals surface area contributed by atoms with Gasteiger partial charge in [0.1, 0.15) is 6.07 Å². The summed E-state index contributed by atoms with van der Waals surface area (Å²) in [4.78, 5) is 0. The third kappa shape index (κ3) is 4.23. The number of rotatable bonds is 4. The normalized spacial score (nSPS) is 15.2. The van der Waals surface area contributed by atoms with Crippen molar-refractivity contribution in [2.75, 3.05) is 25.1 Å². The smallest absolute Gasteiger partial charge is 0.384 e. The lowest BCUT2D eigenvalue weighted by molar-refractivity contribution is -0.137. The Hall–Kier alpha value is -2.00. The van der Waals surface area contributed by atoms with Crippen molar-refractivity contribution in [3.05, 3.63) is 41.0 Å². The maximum Gasteiger partial charge on any atom is 0.416 e. The molecule has 0 unspecified atom stereocenters. The third-order valence-corrected chi connectivity index (χ3v) is 3.29. The van der Waals surface area contributed by atoms with Crippen LogP contribution in [-0.4, -0.2) is 19.8 Å². The molecule has 0 aliphatic carbocycles. The summed E-state index contributed by atoms with van der Waals surface area (Å²) in [6, 6.07) is 4.96. The van der Waals surface area contributed by atoms with Gasteiger partial charge in [-0.05, 0) is 31.0 Å². The van der Waals surface area contributed by atoms with Crippen LogP contribution in [0.4, 0.5) is 18.9 Å². The molecule has 0 atom stereocenters. The molecule has 112 valence electrons. The molecule has 0 radical (unpaired) electrons. The van der Waals surface area contributed by atoms with Gasteiger partial charge in [-0.25, -0.2) is 0 Å². The molecule has 21 heavy (non-hydrogen) atoms. The fourth-order valence-corrected chi connectivity index (χ4v) is 2.12. The monoisotopic (exact) mass is 296 g/mol. The maximum atomic E-state index is 12.6. The Morgan fingerprint density at radius 1 is 1.33 bits per heavy atom. The lowest BCUT2D eigenvalue weighted by Crippen LogP contribution is -2.10. The van der Waals surface area contributed by atoms with Gasteiger partial charge in [0.05, 0.1) is 30.0 Å². The van der Waals surface area contributed by atoms with Crippen LogP contribution in [0.25, 0.3) is 0 Å². The molecule has 1 aliphatic heterocycles. The van der Waals surface area contributed by atoms with Gasteiger partial charge < -0.3 is 10.1 Å². The summed E-state index contributed by atoms with van der Waals surface area (Å²) in [5.41, 5.74) is 0.889. The zero-order valence-corrected chi connectivity index (χ0v) is 11.3. The molecule has 2 rings (SSSR count). The zero-order chi connectivity index (χ0) is 15.3. The van der Waals surface area contributed by atoms with Gasteiger partial charge in [-0.2, -0.15) is 18.4 Å². The van der Waals surface area contributed by atoms with Crippen LogP contribution in [0.3, 0.4) is 0 Å². The zero-order valence-electron chi connectivity index (χ0n) is 11.3. The number of nitrogens with zero attached hydrogens (tertiary/aromatic N) is 1. The van der Waals surface area contributed by atoms with E-state index >= 15 is 0 Å². The molecule has 0 bridgehead atoms. The van der Waals surface area contributed by atoms with E-state index in [0.29, 0.717) is 25.4 Å². The summed E-state index contributed by atoms with van der Waals surface area (Å²) in [5.74, 6) is 0. The second kappa shape index (κ2) is 6.64. The number of nitrogens with one attached hydrogen (secondary N) is 1. The van der Waals surface area contributed by atoms with Crippen LogP contribution in [-0.2, 0) is 10.9 Å². The average Bonchev–Trinajstić information content (AvgIpc) is 2.47. The number of hydrogen-bond acceptors (Lipinski definition) is 3. The second-order valence-corrected chi connectivity index (χ2v) is 4.73. The highest BCUT2D eigenvalue weighted by Gasteiger charge is 2.31. The summed E-state index contributed by atoms with van der Waals surface area (Å²) in [5, 5.41) is 12.0. The summed E-state index contributed by atoms with van der Waals surface area (Å²) in [6.45, 7) is 1.89. The Morgan fingerprint density at radius 3 is 2.76 bits per heavy atom. The van der Waals surface area contributed by atoms with Gasteiger partial charge >= 0.3 is 6.18 Å². The predicted molar refractivity (Wildman–Crippen MR) is 72.8 cm³/mol. The van der Waals surface area contributed by atoms with Gasteiger partial charge in [0.15, 0.2) is 0 Å². The van der Waals surface area contributed by atoms with Crippen LogP contribution >= 0.6 is 0 Å². The van der Waals surface area contributed by atoms with E-state index in [0.717, 1.165) is 25.0 Å². The Morgan fingerprint density at radius 2 is 2.14 bits per heavy atom. The summed E-state index contributed by atoms with van der Waals surface area (Å²) >= 11 is 0. The van der Waals surface area contributed by atoms with Crippen LogP contribution in [0.1, 0.15) is 24.0 Å². The summed E-state index contributed by atoms with van der Waals surface area (Å²) in [6.07, 6.45) is -0.755. The number of alkyl halides is 3. The van der Waals surface area contributed by atoms with E-state index in [-0.39, 0.29) is 5.56 Å². The Balaban J connectivity index is 2.00. The molecule has 0 saturated heterocycles. The minimum atomic E-state index is -4.43. The number of nitriles is 1. The topological polar surface area (TPSA) is 45.0 Å². The minimum Gasteiger partial charge on any atom is -0.384 e. The van der Waals surface area contributed by atoms with Crippen molar-refractivity contribution in [3.8, 4) is 6.07 Å². The fourth-order valence-electron chi connectivity index (χ4n) is 2.12. The van der Waals surface area contributed by atoms with Crippen molar-refractivity contribution in [1.82, 2.24) is 0 Å². The van der Waals surface area contributed by atoms with Crippen molar-refractivity contribution in [2.24, 2.45) is 0 Å². The quantitative estimate of drug-likeness (QED) is 0.861. The van der Waals surface area contributed by atoms with Gasteiger partial charge in [-0.3, -0.25) is 0 Å². The molecule has 0 saturated carbocycles. The first-order chi connectivity index (χ1) is 10.0. The van der Waals surface area contributed by atoms with E-state index < -0.39 is 11.7 Å². The van der Waals surface area contributed by atoms with Crippen molar-refractivity contribution in [1.29, 1.82) is 5.26 Å². The lowest BCUT2D eigenvalue weighted by atomic mass is 10.1. The molecule has 0 spiro atoms. The molecule has 0 aromatic heterocycles. The first-order valence-corrected chi connectivity index (χ1v) is 6.61. The maximum absolute atomic E-state index is 12.6. The number of benzene rings is 1. The van der Waals surface area contributed by atoms with Crippen LogP contribution in [0.15, 0.2) is 29.8 Å². The lowest BCUT2D eigenvalue weighted by Gasteiger charge is -2.15. The number of halogens is 3. The van der Waals surface area contributed by atoms with E-state index in [2.05, 4.69) is 5.32 Å². The van der Waals surface area contributed by atoms with Crippen LogP contribution in [0.2, 0.25) is 0 Å². The first kappa shape index (κ1) is 15.4. The Bertz CT molecular complexity index is 573. The summed E-state index contributed by atoms with van der Waals surface area (Å²) < 4.78 is 42.9. The highest BCUT2D eigenvalue weighted by molar-refractivity contribution is 5.59. The van der Waals surface area contributed by atoms with Gasteiger partial charge in [-0.15, -0.1) is 0 Å². The predicted octanol–water partition coefficient (Wildman–Crippen LogP) is 3.73. The second-order valence-electron chi connectivity index (χ2n) is 4.73. The van der Waals surface area contributed by atoms with Crippen molar-refractivity contribution in [2.45, 2.75) is 19.0 Å². The van der Waals surface area contributed by atoms with Crippen LogP contribution in [0.5, 0.6) is 0 Å². The van der Waals surface area contributed by atoms with Gasteiger partial charge in [0, 0.05) is 6.54 Å². The standard InChI is InChI=1S/C15H15F3N2O/c16-15(17,18)13-1-2-14(12(9-13)10-19)20-6-3-11-4-7-21-8-5-11/h1-2,4,9,20H,3,5-8H2. The molecule has 0 fully saturated rings. The molecule has 1 aromatic rings. The highest BCUT2D eigenvalue weighted by atomic mass is 19.4. The number of hydrogen-bond donors (Lipinski definition) is 1. The van der Waals surface area contributed by atoms with Crippen LogP contribution in [0, 0.1) is 11.3 Å². The van der Waals surface area contributed by atoms with Crippen LogP contribution < -0.4 is 5.32 Å². The molecular weight excluding hydrogens is 281 g/mol. The fraction of sp³-hybridized carbons (Fsp3) is 0.400. The summed E-state index contributed by atoms with van der Waals surface area (Å²) in [7, 11) is 0. The molecule has 6 heteroatoms. The minimum absolute atomic E-state index is 0.00535.